The van der Waals surface area contributed by atoms with Crippen LogP contribution in [0.5, 0.6) is 6.01 Å². The van der Waals surface area contributed by atoms with E-state index in [1.165, 1.54) is 5.56 Å². The average Bonchev–Trinajstić information content (AvgIpc) is 3.59. The molecule has 0 aliphatic carbocycles. The normalized spacial score (nSPS) is 13.9. The highest BCUT2D eigenvalue weighted by molar-refractivity contribution is 5.87. The van der Waals surface area contributed by atoms with Gasteiger partial charge in [-0.25, -0.2) is 10.7 Å². The SMILES string of the molecule is CCCCCOc1nc(N)c2[nH]c(=O)n(Cc3ccc(CN4CCC(CCNC(=O)[C@H](CCCCNC(=O)CON)NC(=O)CCOCCOCCOCCOC)CC4)cc3)c2n1. The minimum absolute atomic E-state index is 0.107. The number of hydrogen-bond acceptors (Lipinski definition) is 15. The number of rotatable bonds is 33. The molecule has 3 heterocycles. The second-order valence-corrected chi connectivity index (χ2v) is 15.6. The molecule has 1 fully saturated rings. The summed E-state index contributed by atoms with van der Waals surface area (Å²) in [5, 5.41) is 8.64. The summed E-state index contributed by atoms with van der Waals surface area (Å²) in [6.07, 6.45) is 7.62. The maximum Gasteiger partial charge on any atom is 0.328 e. The second-order valence-electron chi connectivity index (χ2n) is 15.6. The van der Waals surface area contributed by atoms with Gasteiger partial charge < -0.3 is 50.4 Å². The summed E-state index contributed by atoms with van der Waals surface area (Å²) in [7, 11) is 1.62. The largest absolute Gasteiger partial charge is 0.463 e. The molecule has 8 N–H and O–H groups in total. The van der Waals surface area contributed by atoms with Gasteiger partial charge in [0, 0.05) is 33.2 Å². The van der Waals surface area contributed by atoms with E-state index in [1.54, 1.807) is 11.7 Å². The lowest BCUT2D eigenvalue weighted by Gasteiger charge is -2.32. The number of aromatic nitrogens is 4. The number of nitrogens with two attached hydrogens (primary N) is 2. The fourth-order valence-corrected chi connectivity index (χ4v) is 7.12. The molecule has 63 heavy (non-hydrogen) atoms. The highest BCUT2D eigenvalue weighted by Gasteiger charge is 2.23. The van der Waals surface area contributed by atoms with Crippen LogP contribution in [0, 0.1) is 5.92 Å². The number of H-pyrrole nitrogens is 1. The number of nitrogen functional groups attached to an aromatic ring is 1. The Morgan fingerprint density at radius 3 is 2.21 bits per heavy atom. The number of unbranched alkanes of at least 4 members (excludes halogenated alkanes) is 3. The van der Waals surface area contributed by atoms with Gasteiger partial charge in [-0.2, -0.15) is 9.97 Å². The van der Waals surface area contributed by atoms with Gasteiger partial charge in [-0.05, 0) is 75.1 Å². The summed E-state index contributed by atoms with van der Waals surface area (Å²) in [5.74, 6) is 4.78. The predicted molar refractivity (Wildman–Crippen MR) is 237 cm³/mol. The van der Waals surface area contributed by atoms with Crippen LogP contribution >= 0.6 is 0 Å². The first-order valence-electron chi connectivity index (χ1n) is 22.3. The number of piperidine rings is 1. The molecule has 1 saturated heterocycles. The smallest absolute Gasteiger partial charge is 0.328 e. The van der Waals surface area contributed by atoms with E-state index in [4.69, 9.17) is 35.3 Å². The van der Waals surface area contributed by atoms with E-state index in [0.717, 1.165) is 63.7 Å². The van der Waals surface area contributed by atoms with Gasteiger partial charge in [0.15, 0.2) is 11.5 Å². The molecule has 1 aliphatic heterocycles. The third-order valence-electron chi connectivity index (χ3n) is 10.7. The number of anilines is 1. The Kier molecular flexibility index (Phi) is 24.0. The van der Waals surface area contributed by atoms with Crippen molar-refractivity contribution in [2.24, 2.45) is 11.8 Å². The molecule has 0 spiro atoms. The van der Waals surface area contributed by atoms with Crippen molar-refractivity contribution >= 4 is 34.7 Å². The molecule has 1 aliphatic rings. The Balaban J connectivity index is 1.16. The topological polar surface area (TPSA) is 262 Å². The standard InChI is InChI=1S/C43H70N10O10/c1-3-4-7-21-62-42-50-39(44)38-40(51-42)53(43(57)49-38)30-34-11-9-33(10-12-34)29-52-19-14-32(15-20-52)13-18-47-41(56)35(8-5-6-17-46-37(55)31-63-45)48-36(54)16-22-59-25-26-61-28-27-60-24-23-58-2/h9-12,32,35H,3-8,13-31,45H2,1-2H3,(H,46,55)(H,47,56)(H,48,54)(H,49,57)(H2,44,50,51)/t35-/m0/s1. The van der Waals surface area contributed by atoms with Gasteiger partial charge in [-0.15, -0.1) is 0 Å². The zero-order chi connectivity index (χ0) is 45.1. The molecule has 0 bridgehead atoms. The maximum atomic E-state index is 13.3. The number of nitrogens with one attached hydrogen (secondary N) is 4. The van der Waals surface area contributed by atoms with E-state index in [1.807, 2.05) is 12.1 Å². The monoisotopic (exact) mass is 887 g/mol. The van der Waals surface area contributed by atoms with Crippen molar-refractivity contribution in [3.8, 4) is 6.01 Å². The summed E-state index contributed by atoms with van der Waals surface area (Å²) >= 11 is 0. The summed E-state index contributed by atoms with van der Waals surface area (Å²) < 4.78 is 28.6. The van der Waals surface area contributed by atoms with Crippen LogP contribution in [0.2, 0.25) is 0 Å². The van der Waals surface area contributed by atoms with Gasteiger partial charge >= 0.3 is 11.7 Å². The molecule has 1 aromatic carbocycles. The van der Waals surface area contributed by atoms with Crippen LogP contribution in [0.3, 0.4) is 0 Å². The van der Waals surface area contributed by atoms with Crippen molar-refractivity contribution < 1.29 is 42.9 Å². The molecule has 20 nitrogen and oxygen atoms in total. The van der Waals surface area contributed by atoms with Gasteiger partial charge in [0.1, 0.15) is 18.2 Å². The molecule has 20 heteroatoms. The molecule has 0 radical (unpaired) electrons. The third-order valence-corrected chi connectivity index (χ3v) is 10.7. The van der Waals surface area contributed by atoms with E-state index in [-0.39, 0.29) is 54.9 Å². The first-order valence-corrected chi connectivity index (χ1v) is 22.3. The minimum Gasteiger partial charge on any atom is -0.463 e. The first kappa shape index (κ1) is 50.9. The molecule has 0 unspecified atom stereocenters. The van der Waals surface area contributed by atoms with E-state index in [0.29, 0.717) is 102 Å². The molecule has 3 aromatic rings. The fraction of sp³-hybridized carbons (Fsp3) is 0.674. The van der Waals surface area contributed by atoms with E-state index in [9.17, 15) is 19.2 Å². The van der Waals surface area contributed by atoms with E-state index >= 15 is 0 Å². The van der Waals surface area contributed by atoms with Gasteiger partial charge in [-0.1, -0.05) is 44.0 Å². The van der Waals surface area contributed by atoms with Crippen molar-refractivity contribution in [3.05, 3.63) is 45.9 Å². The average molecular weight is 887 g/mol. The number of likely N-dealkylation sites (tertiary alicyclic amines) is 1. The van der Waals surface area contributed by atoms with Crippen LogP contribution in [0.1, 0.15) is 82.3 Å². The number of carbonyl (C=O) groups is 3. The molecular weight excluding hydrogens is 817 g/mol. The van der Waals surface area contributed by atoms with Gasteiger partial charge in [0.05, 0.1) is 59.4 Å². The Labute approximate surface area is 369 Å². The summed E-state index contributed by atoms with van der Waals surface area (Å²) in [4.78, 5) is 68.9. The number of benzene rings is 1. The molecule has 1 atom stereocenters. The van der Waals surface area contributed by atoms with Crippen LogP contribution in [0.25, 0.3) is 11.2 Å². The van der Waals surface area contributed by atoms with Crippen LogP contribution in [0.15, 0.2) is 29.1 Å². The zero-order valence-electron chi connectivity index (χ0n) is 37.2. The number of imidazole rings is 1. The van der Waals surface area contributed by atoms with Gasteiger partial charge in [0.2, 0.25) is 17.7 Å². The maximum absolute atomic E-state index is 13.3. The number of nitrogens with zero attached hydrogens (tertiary/aromatic N) is 4. The molecular formula is C43H70N10O10. The Morgan fingerprint density at radius 1 is 0.841 bits per heavy atom. The number of aromatic amines is 1. The molecule has 352 valence electrons. The number of ether oxygens (including phenoxy) is 5. The van der Waals surface area contributed by atoms with Gasteiger partial charge in [-0.3, -0.25) is 28.7 Å². The number of fused-ring (bicyclic) bond motifs is 1. The molecule has 0 saturated carbocycles. The van der Waals surface area contributed by atoms with Crippen LogP contribution in [-0.4, -0.2) is 141 Å². The summed E-state index contributed by atoms with van der Waals surface area (Å²) in [6.45, 7) is 9.19. The van der Waals surface area contributed by atoms with Crippen molar-refractivity contribution in [3.63, 3.8) is 0 Å². The Hall–Kier alpha value is -4.70. The number of methoxy groups -OCH3 is 1. The first-order chi connectivity index (χ1) is 30.7. The number of amides is 3. The lowest BCUT2D eigenvalue weighted by molar-refractivity contribution is -0.129. The quantitative estimate of drug-likeness (QED) is 0.0376. The molecule has 4 rings (SSSR count). The van der Waals surface area contributed by atoms with Crippen molar-refractivity contribution in [1.29, 1.82) is 0 Å². The van der Waals surface area contributed by atoms with Crippen molar-refractivity contribution in [2.75, 3.05) is 98.5 Å². The summed E-state index contributed by atoms with van der Waals surface area (Å²) in [6, 6.07) is 7.71. The lowest BCUT2D eigenvalue weighted by Crippen LogP contribution is -2.47. The predicted octanol–water partition coefficient (Wildman–Crippen LogP) is 1.79. The molecule has 2 aromatic heterocycles. The fourth-order valence-electron chi connectivity index (χ4n) is 7.12. The Bertz CT molecular complexity index is 1840. The van der Waals surface area contributed by atoms with Crippen molar-refractivity contribution in [1.82, 2.24) is 40.4 Å². The summed E-state index contributed by atoms with van der Waals surface area (Å²) in [5.41, 5.74) is 8.78. The lowest BCUT2D eigenvalue weighted by atomic mass is 9.93. The molecule has 3 amide bonds. The van der Waals surface area contributed by atoms with E-state index in [2.05, 4.69) is 59.7 Å². The van der Waals surface area contributed by atoms with Crippen LogP contribution in [0.4, 0.5) is 5.82 Å². The second kappa shape index (κ2) is 29.6. The number of hydrogen-bond donors (Lipinski definition) is 6. The van der Waals surface area contributed by atoms with E-state index < -0.39 is 6.04 Å². The van der Waals surface area contributed by atoms with Gasteiger partial charge in [0.25, 0.3) is 0 Å². The van der Waals surface area contributed by atoms with Crippen LogP contribution < -0.4 is 38.0 Å². The highest BCUT2D eigenvalue weighted by atomic mass is 16.6. The highest BCUT2D eigenvalue weighted by Crippen LogP contribution is 2.23. The van der Waals surface area contributed by atoms with Crippen LogP contribution in [-0.2, 0) is 51.3 Å². The Morgan fingerprint density at radius 2 is 1.52 bits per heavy atom. The number of carbonyl (C=O) groups excluding carboxylic acids is 3. The minimum atomic E-state index is -0.709. The zero-order valence-corrected chi connectivity index (χ0v) is 37.2. The third kappa shape index (κ3) is 19.3. The van der Waals surface area contributed by atoms with Crippen molar-refractivity contribution in [2.45, 2.75) is 90.3 Å².